The van der Waals surface area contributed by atoms with Gasteiger partial charge in [-0.25, -0.2) is 0 Å². The Hall–Kier alpha value is 1.54. The molecule has 0 rings (SSSR count). The minimum atomic E-state index is -3.51. The van der Waals surface area contributed by atoms with Gasteiger partial charge in [-0.05, 0) is 0 Å². The molecule has 0 fully saturated rings. The molecule has 0 spiro atoms. The zero-order valence-electron chi connectivity index (χ0n) is 5.89. The molecule has 9 nitrogen and oxygen atoms in total. The molecule has 0 amide bonds. The minimum absolute atomic E-state index is 0. The molecule has 0 heterocycles. The molecule has 0 aliphatic heterocycles. The van der Waals surface area contributed by atoms with Crippen molar-refractivity contribution in [1.29, 1.82) is 0 Å². The van der Waals surface area contributed by atoms with Gasteiger partial charge in [0.15, 0.2) is 0 Å². The summed E-state index contributed by atoms with van der Waals surface area (Å²) in [6, 6.07) is 0. The fourth-order valence-electron chi connectivity index (χ4n) is 0. The molecule has 12 N–H and O–H groups in total. The van der Waals surface area contributed by atoms with Crippen LogP contribution in [0.4, 0.5) is 0 Å². The van der Waals surface area contributed by atoms with Gasteiger partial charge in [0.05, 0.1) is 0 Å². The van der Waals surface area contributed by atoms with E-state index in [0.717, 1.165) is 0 Å². The quantitative estimate of drug-likeness (QED) is 0.180. The van der Waals surface area contributed by atoms with E-state index in [1.54, 1.807) is 30.2 Å². The topological polar surface area (TPSA) is 216 Å². The fourth-order valence-corrected chi connectivity index (χ4v) is 0. The second-order valence-electron chi connectivity index (χ2n) is 1.03. The first kappa shape index (κ1) is 29.3. The van der Waals surface area contributed by atoms with Gasteiger partial charge >= 0.3 is 71.9 Å². The SMILES string of the molecule is O.O.O.OP(O)(O)=[Se].OP(O)(O)=[Se]. The van der Waals surface area contributed by atoms with Gasteiger partial charge in [0.1, 0.15) is 0 Å². The molecule has 0 unspecified atom stereocenters. The van der Waals surface area contributed by atoms with Crippen LogP contribution in [0.25, 0.3) is 0 Å². The van der Waals surface area contributed by atoms with Crippen LogP contribution in [0.3, 0.4) is 0 Å². The Kier molecular flexibility index (Phi) is 26.2. The van der Waals surface area contributed by atoms with E-state index in [0.29, 0.717) is 0 Å². The van der Waals surface area contributed by atoms with Crippen molar-refractivity contribution in [3.05, 3.63) is 0 Å². The summed E-state index contributed by atoms with van der Waals surface area (Å²) in [7, 11) is 0. The maximum absolute atomic E-state index is 7.69. The molecule has 0 saturated carbocycles. The third kappa shape index (κ3) is 761. The van der Waals surface area contributed by atoms with E-state index in [-0.39, 0.29) is 16.4 Å². The zero-order chi connectivity index (χ0) is 9.00. The van der Waals surface area contributed by atoms with Crippen molar-refractivity contribution in [2.45, 2.75) is 0 Å². The summed E-state index contributed by atoms with van der Waals surface area (Å²) < 4.78 is 0. The van der Waals surface area contributed by atoms with Crippen LogP contribution < -0.4 is 0 Å². The predicted molar refractivity (Wildman–Crippen MR) is 49.5 cm³/mol. The molecular weight excluding hydrogens is 364 g/mol. The van der Waals surface area contributed by atoms with E-state index in [1.807, 2.05) is 0 Å². The van der Waals surface area contributed by atoms with Gasteiger partial charge < -0.3 is 16.4 Å². The summed E-state index contributed by atoms with van der Waals surface area (Å²) in [6.07, 6.45) is -7.03. The fraction of sp³-hybridized carbons (Fsp3) is 0. The predicted octanol–water partition coefficient (Wildman–Crippen LogP) is -4.86. The van der Waals surface area contributed by atoms with E-state index in [4.69, 9.17) is 29.4 Å². The van der Waals surface area contributed by atoms with Crippen LogP contribution in [0, 0.1) is 0 Å². The molecular formula is H12O9P2Se2. The van der Waals surface area contributed by atoms with Crippen molar-refractivity contribution in [3.63, 3.8) is 0 Å². The third-order valence-corrected chi connectivity index (χ3v) is 0. The van der Waals surface area contributed by atoms with Gasteiger partial charge in [0, 0.05) is 0 Å². The van der Waals surface area contributed by atoms with Crippen molar-refractivity contribution < 1.29 is 45.8 Å². The summed E-state index contributed by atoms with van der Waals surface area (Å²) in [5.41, 5.74) is 0. The van der Waals surface area contributed by atoms with Gasteiger partial charge in [0.25, 0.3) is 0 Å². The van der Waals surface area contributed by atoms with E-state index in [1.165, 1.54) is 0 Å². The number of hydrogen-bond acceptors (Lipinski definition) is 6. The van der Waals surface area contributed by atoms with Crippen molar-refractivity contribution in [2.75, 3.05) is 0 Å². The van der Waals surface area contributed by atoms with E-state index < -0.39 is 12.4 Å². The zero-order valence-corrected chi connectivity index (χ0v) is 11.1. The molecule has 0 radical (unpaired) electrons. The third-order valence-electron chi connectivity index (χ3n) is 0. The standard InChI is InChI=1S/2H3O3PSe.3H2O/c2*1-4(2,3)5;;;/h2*(H3,1,2,3,5);3*1H2. The first-order chi connectivity index (χ1) is 4.00. The Morgan fingerprint density at radius 3 is 0.538 bits per heavy atom. The van der Waals surface area contributed by atoms with Crippen molar-refractivity contribution in [3.8, 4) is 0 Å². The average molecular weight is 376 g/mol. The molecule has 0 atom stereocenters. The van der Waals surface area contributed by atoms with Gasteiger partial charge in [-0.2, -0.15) is 0 Å². The second-order valence-corrected chi connectivity index (χ2v) is 9.25. The molecule has 0 aromatic heterocycles. The van der Waals surface area contributed by atoms with Gasteiger partial charge in [-0.15, -0.1) is 0 Å². The van der Waals surface area contributed by atoms with Crippen LogP contribution in [0.5, 0.6) is 0 Å². The summed E-state index contributed by atoms with van der Waals surface area (Å²) in [5, 5.41) is 0. The number of rotatable bonds is 0. The molecule has 13 heteroatoms. The average Bonchev–Trinajstić information content (AvgIpc) is 1.12. The van der Waals surface area contributed by atoms with Gasteiger partial charge in [-0.3, -0.25) is 0 Å². The van der Waals surface area contributed by atoms with E-state index >= 15 is 0 Å². The van der Waals surface area contributed by atoms with Crippen LogP contribution in [0.2, 0.25) is 0 Å². The van der Waals surface area contributed by atoms with Crippen LogP contribution in [0.15, 0.2) is 0 Å². The molecule has 0 aliphatic carbocycles. The Morgan fingerprint density at radius 2 is 0.538 bits per heavy atom. The summed E-state index contributed by atoms with van der Waals surface area (Å²) in [4.78, 5) is 46.1. The first-order valence-corrected chi connectivity index (χ1v) is 9.29. The second kappa shape index (κ2) is 11.6. The molecule has 0 saturated heterocycles. The van der Waals surface area contributed by atoms with Crippen molar-refractivity contribution in [1.82, 2.24) is 0 Å². The van der Waals surface area contributed by atoms with Crippen LogP contribution in [0.1, 0.15) is 0 Å². The molecule has 88 valence electrons. The Morgan fingerprint density at radius 1 is 0.538 bits per heavy atom. The Balaban J connectivity index is -0.0000000267. The first-order valence-electron chi connectivity index (χ1n) is 1.57. The van der Waals surface area contributed by atoms with Gasteiger partial charge in [-0.1, -0.05) is 0 Å². The monoisotopic (exact) mass is 378 g/mol. The molecule has 0 bridgehead atoms. The maximum atomic E-state index is 7.69. The van der Waals surface area contributed by atoms with Crippen molar-refractivity contribution in [2.24, 2.45) is 0 Å². The van der Waals surface area contributed by atoms with E-state index in [9.17, 15) is 0 Å². The van der Waals surface area contributed by atoms with E-state index in [2.05, 4.69) is 0 Å². The molecule has 0 aromatic carbocycles. The Bertz CT molecular complexity index is 128. The van der Waals surface area contributed by atoms with Crippen molar-refractivity contribution >= 4 is 42.6 Å². The number of hydrogen-bond donors (Lipinski definition) is 6. The molecule has 0 aliphatic rings. The van der Waals surface area contributed by atoms with Crippen LogP contribution >= 0.6 is 12.4 Å². The van der Waals surface area contributed by atoms with Crippen LogP contribution in [-0.4, -0.2) is 76.0 Å². The summed E-state index contributed by atoms with van der Waals surface area (Å²) >= 11 is 3.51. The molecule has 0 aromatic rings. The summed E-state index contributed by atoms with van der Waals surface area (Å²) in [5.74, 6) is 0. The molecule has 13 heavy (non-hydrogen) atoms. The normalized spacial score (nSPS) is 9.08. The Labute approximate surface area is 88.5 Å². The summed E-state index contributed by atoms with van der Waals surface area (Å²) in [6.45, 7) is 0. The van der Waals surface area contributed by atoms with Crippen LogP contribution in [-0.2, 0) is 0 Å². The van der Waals surface area contributed by atoms with Gasteiger partial charge in [0.2, 0.25) is 0 Å².